The zero-order chi connectivity index (χ0) is 15.2. The highest BCUT2D eigenvalue weighted by Crippen LogP contribution is 2.20. The first-order valence-electron chi connectivity index (χ1n) is 7.03. The van der Waals surface area contributed by atoms with E-state index in [1.54, 1.807) is 24.3 Å². The molecule has 20 heavy (non-hydrogen) atoms. The molecular formula is C15H25NO3S. The van der Waals surface area contributed by atoms with Crippen LogP contribution < -0.4 is 9.46 Å². The van der Waals surface area contributed by atoms with Gasteiger partial charge in [0.1, 0.15) is 11.4 Å². The van der Waals surface area contributed by atoms with Crippen molar-refractivity contribution in [1.29, 1.82) is 0 Å². The van der Waals surface area contributed by atoms with Crippen LogP contribution in [0.1, 0.15) is 47.0 Å². The Hall–Kier alpha value is -1.07. The minimum Gasteiger partial charge on any atom is -0.488 e. The average Bonchev–Trinajstić information content (AvgIpc) is 2.33. The maximum atomic E-state index is 12.0. The molecule has 0 bridgehead atoms. The third kappa shape index (κ3) is 5.92. The second-order valence-electron chi connectivity index (χ2n) is 5.79. The Morgan fingerprint density at radius 3 is 2.20 bits per heavy atom. The van der Waals surface area contributed by atoms with Gasteiger partial charge >= 0.3 is 0 Å². The smallest absolute Gasteiger partial charge is 0.240 e. The topological polar surface area (TPSA) is 55.4 Å². The minimum atomic E-state index is -3.41. The van der Waals surface area contributed by atoms with E-state index in [1.807, 2.05) is 20.8 Å². The lowest BCUT2D eigenvalue weighted by Gasteiger charge is -2.21. The molecule has 1 rings (SSSR count). The Balaban J connectivity index is 2.67. The van der Waals surface area contributed by atoms with Gasteiger partial charge in [0.15, 0.2) is 0 Å². The largest absolute Gasteiger partial charge is 0.488 e. The molecule has 0 aliphatic carbocycles. The molecule has 0 saturated carbocycles. The van der Waals surface area contributed by atoms with Gasteiger partial charge in [0.25, 0.3) is 0 Å². The highest BCUT2D eigenvalue weighted by Gasteiger charge is 2.15. The Kier molecular flexibility index (Phi) is 6.02. The van der Waals surface area contributed by atoms with Gasteiger partial charge in [-0.05, 0) is 51.5 Å². The quantitative estimate of drug-likeness (QED) is 0.786. The Morgan fingerprint density at radius 2 is 1.70 bits per heavy atom. The summed E-state index contributed by atoms with van der Waals surface area (Å²) in [5, 5.41) is 0. The molecule has 0 saturated heterocycles. The summed E-state index contributed by atoms with van der Waals surface area (Å²) >= 11 is 0. The molecule has 0 heterocycles. The summed E-state index contributed by atoms with van der Waals surface area (Å²) in [6.07, 6.45) is 2.96. The van der Waals surface area contributed by atoms with Crippen molar-refractivity contribution in [2.24, 2.45) is 0 Å². The molecule has 114 valence electrons. The molecule has 1 aromatic rings. The number of unbranched alkanes of at least 4 members (excludes halogenated alkanes) is 2. The normalized spacial score (nSPS) is 12.4. The van der Waals surface area contributed by atoms with Crippen LogP contribution in [0, 0.1) is 0 Å². The molecule has 0 unspecified atom stereocenters. The van der Waals surface area contributed by atoms with Crippen LogP contribution in [-0.4, -0.2) is 20.6 Å². The van der Waals surface area contributed by atoms with Gasteiger partial charge in [-0.1, -0.05) is 19.8 Å². The van der Waals surface area contributed by atoms with Gasteiger partial charge in [0, 0.05) is 6.54 Å². The van der Waals surface area contributed by atoms with Crippen molar-refractivity contribution in [3.05, 3.63) is 24.3 Å². The summed E-state index contributed by atoms with van der Waals surface area (Å²) in [4.78, 5) is 0.273. The monoisotopic (exact) mass is 299 g/mol. The van der Waals surface area contributed by atoms with Crippen LogP contribution in [0.25, 0.3) is 0 Å². The van der Waals surface area contributed by atoms with E-state index in [4.69, 9.17) is 4.74 Å². The summed E-state index contributed by atoms with van der Waals surface area (Å²) in [6, 6.07) is 6.52. The summed E-state index contributed by atoms with van der Waals surface area (Å²) in [5.41, 5.74) is -0.293. The molecule has 4 nitrogen and oxygen atoms in total. The molecular weight excluding hydrogens is 274 g/mol. The lowest BCUT2D eigenvalue weighted by molar-refractivity contribution is 0.131. The van der Waals surface area contributed by atoms with E-state index >= 15 is 0 Å². The Bertz CT molecular complexity index is 501. The zero-order valence-electron chi connectivity index (χ0n) is 12.8. The summed E-state index contributed by atoms with van der Waals surface area (Å²) in [5.74, 6) is 0.669. The number of ether oxygens (including phenoxy) is 1. The maximum Gasteiger partial charge on any atom is 0.240 e. The fourth-order valence-corrected chi connectivity index (χ4v) is 2.78. The molecule has 0 fully saturated rings. The first-order chi connectivity index (χ1) is 9.24. The first kappa shape index (κ1) is 17.0. The van der Waals surface area contributed by atoms with Gasteiger partial charge in [-0.25, -0.2) is 13.1 Å². The molecule has 0 atom stereocenters. The van der Waals surface area contributed by atoms with Crippen molar-refractivity contribution in [2.75, 3.05) is 6.54 Å². The van der Waals surface area contributed by atoms with Crippen LogP contribution in [0.5, 0.6) is 5.75 Å². The van der Waals surface area contributed by atoms with Crippen molar-refractivity contribution >= 4 is 10.0 Å². The van der Waals surface area contributed by atoms with E-state index < -0.39 is 10.0 Å². The molecule has 5 heteroatoms. The van der Waals surface area contributed by atoms with E-state index in [1.165, 1.54) is 0 Å². The van der Waals surface area contributed by atoms with Crippen LogP contribution in [0.15, 0.2) is 29.2 Å². The van der Waals surface area contributed by atoms with Crippen molar-refractivity contribution in [3.63, 3.8) is 0 Å². The predicted octanol–water partition coefficient (Wildman–Crippen LogP) is 3.33. The third-order valence-corrected chi connectivity index (χ3v) is 4.11. The van der Waals surface area contributed by atoms with Crippen molar-refractivity contribution < 1.29 is 13.2 Å². The molecule has 0 aliphatic rings. The molecule has 0 amide bonds. The van der Waals surface area contributed by atoms with Crippen LogP contribution in [-0.2, 0) is 10.0 Å². The number of hydrogen-bond acceptors (Lipinski definition) is 3. The van der Waals surface area contributed by atoms with E-state index in [2.05, 4.69) is 11.6 Å². The van der Waals surface area contributed by atoms with E-state index in [9.17, 15) is 8.42 Å². The molecule has 0 spiro atoms. The van der Waals surface area contributed by atoms with E-state index in [-0.39, 0.29) is 10.5 Å². The maximum absolute atomic E-state index is 12.0. The van der Waals surface area contributed by atoms with Crippen molar-refractivity contribution in [2.45, 2.75) is 57.5 Å². The number of sulfonamides is 1. The van der Waals surface area contributed by atoms with Crippen molar-refractivity contribution in [1.82, 2.24) is 4.72 Å². The summed E-state index contributed by atoms with van der Waals surface area (Å²) < 4.78 is 32.4. The van der Waals surface area contributed by atoms with E-state index in [0.717, 1.165) is 19.3 Å². The van der Waals surface area contributed by atoms with Gasteiger partial charge in [0.05, 0.1) is 4.90 Å². The minimum absolute atomic E-state index is 0.273. The Labute approximate surface area is 122 Å². The van der Waals surface area contributed by atoms with Gasteiger partial charge in [-0.15, -0.1) is 0 Å². The predicted molar refractivity (Wildman–Crippen MR) is 81.5 cm³/mol. The zero-order valence-corrected chi connectivity index (χ0v) is 13.6. The Morgan fingerprint density at radius 1 is 1.10 bits per heavy atom. The third-order valence-electron chi connectivity index (χ3n) is 2.63. The SMILES string of the molecule is CCCCCNS(=O)(=O)c1ccc(OC(C)(C)C)cc1. The van der Waals surface area contributed by atoms with E-state index in [0.29, 0.717) is 12.3 Å². The van der Waals surface area contributed by atoms with Gasteiger partial charge in [-0.2, -0.15) is 0 Å². The summed E-state index contributed by atoms with van der Waals surface area (Å²) in [7, 11) is -3.41. The fraction of sp³-hybridized carbons (Fsp3) is 0.600. The number of benzene rings is 1. The average molecular weight is 299 g/mol. The second kappa shape index (κ2) is 7.09. The van der Waals surface area contributed by atoms with Gasteiger partial charge in [0.2, 0.25) is 10.0 Å². The molecule has 1 N–H and O–H groups in total. The van der Waals surface area contributed by atoms with Crippen molar-refractivity contribution in [3.8, 4) is 5.75 Å². The highest BCUT2D eigenvalue weighted by molar-refractivity contribution is 7.89. The second-order valence-corrected chi connectivity index (χ2v) is 7.56. The molecule has 0 radical (unpaired) electrons. The molecule has 0 aliphatic heterocycles. The van der Waals surface area contributed by atoms with Crippen LogP contribution >= 0.6 is 0 Å². The summed E-state index contributed by atoms with van der Waals surface area (Å²) in [6.45, 7) is 8.42. The number of nitrogens with one attached hydrogen (secondary N) is 1. The lowest BCUT2D eigenvalue weighted by atomic mass is 10.2. The van der Waals surface area contributed by atoms with Crippen LogP contribution in [0.2, 0.25) is 0 Å². The molecule has 1 aromatic carbocycles. The fourth-order valence-electron chi connectivity index (χ4n) is 1.71. The number of rotatable bonds is 7. The van der Waals surface area contributed by atoms with Crippen LogP contribution in [0.3, 0.4) is 0 Å². The highest BCUT2D eigenvalue weighted by atomic mass is 32.2. The number of hydrogen-bond donors (Lipinski definition) is 1. The van der Waals surface area contributed by atoms with Gasteiger partial charge < -0.3 is 4.74 Å². The lowest BCUT2D eigenvalue weighted by Crippen LogP contribution is -2.25. The van der Waals surface area contributed by atoms with Gasteiger partial charge in [-0.3, -0.25) is 0 Å². The first-order valence-corrected chi connectivity index (χ1v) is 8.52. The van der Waals surface area contributed by atoms with Crippen LogP contribution in [0.4, 0.5) is 0 Å². The standard InChI is InChI=1S/C15H25NO3S/c1-5-6-7-12-16-20(17,18)14-10-8-13(9-11-14)19-15(2,3)4/h8-11,16H,5-7,12H2,1-4H3. The molecule has 0 aromatic heterocycles.